The van der Waals surface area contributed by atoms with E-state index in [1.807, 2.05) is 22.4 Å². The second-order valence-corrected chi connectivity index (χ2v) is 7.27. The molecule has 0 spiro atoms. The molecule has 0 atom stereocenters. The first-order valence-corrected chi connectivity index (χ1v) is 9.20. The fraction of sp³-hybridized carbons (Fsp3) is 0.222. The largest absolute Gasteiger partial charge is 0.306 e. The molecule has 2 aromatic heterocycles. The van der Waals surface area contributed by atoms with Crippen LogP contribution in [0.3, 0.4) is 0 Å². The van der Waals surface area contributed by atoms with Gasteiger partial charge in [-0.3, -0.25) is 19.8 Å². The highest BCUT2D eigenvalue weighted by Crippen LogP contribution is 2.24. The predicted molar refractivity (Wildman–Crippen MR) is 99.0 cm³/mol. The maximum atomic E-state index is 13.5. The lowest BCUT2D eigenvalue weighted by Crippen LogP contribution is -2.35. The Labute approximate surface area is 157 Å². The molecule has 0 saturated heterocycles. The SMILES string of the molecule is O=c1[nH]c(-c2cccs2)nc2c1CN(Cc1ccc(F)c([N+](=O)[O-])c1)CC2. The fourth-order valence-corrected chi connectivity index (χ4v) is 3.87. The Morgan fingerprint density at radius 1 is 1.37 bits per heavy atom. The van der Waals surface area contributed by atoms with E-state index in [1.165, 1.54) is 23.5 Å². The molecule has 0 radical (unpaired) electrons. The van der Waals surface area contributed by atoms with Crippen LogP contribution in [0.4, 0.5) is 10.1 Å². The van der Waals surface area contributed by atoms with Crippen molar-refractivity contribution in [2.24, 2.45) is 0 Å². The predicted octanol–water partition coefficient (Wildman–Crippen LogP) is 3.10. The van der Waals surface area contributed by atoms with Gasteiger partial charge in [-0.15, -0.1) is 11.3 Å². The van der Waals surface area contributed by atoms with E-state index in [1.54, 1.807) is 0 Å². The van der Waals surface area contributed by atoms with Gasteiger partial charge in [-0.25, -0.2) is 4.98 Å². The van der Waals surface area contributed by atoms with Crippen LogP contribution in [0.5, 0.6) is 0 Å². The molecule has 27 heavy (non-hydrogen) atoms. The molecule has 138 valence electrons. The smallest absolute Gasteiger partial charge is 0.305 e. The number of aromatic amines is 1. The Bertz CT molecular complexity index is 1060. The van der Waals surface area contributed by atoms with Gasteiger partial charge in [0.2, 0.25) is 5.82 Å². The number of H-pyrrole nitrogens is 1. The van der Waals surface area contributed by atoms with Crippen molar-refractivity contribution in [2.45, 2.75) is 19.5 Å². The number of nitro groups is 1. The molecule has 1 N–H and O–H groups in total. The number of hydrogen-bond donors (Lipinski definition) is 1. The van der Waals surface area contributed by atoms with Gasteiger partial charge in [-0.05, 0) is 23.1 Å². The Morgan fingerprint density at radius 2 is 2.22 bits per heavy atom. The third-order valence-corrected chi connectivity index (χ3v) is 5.39. The number of hydrogen-bond acceptors (Lipinski definition) is 6. The lowest BCUT2D eigenvalue weighted by Gasteiger charge is -2.27. The van der Waals surface area contributed by atoms with Crippen LogP contribution in [0.2, 0.25) is 0 Å². The maximum Gasteiger partial charge on any atom is 0.305 e. The maximum absolute atomic E-state index is 13.5. The van der Waals surface area contributed by atoms with Gasteiger partial charge in [0.25, 0.3) is 5.56 Å². The normalized spacial score (nSPS) is 14.1. The van der Waals surface area contributed by atoms with E-state index in [9.17, 15) is 19.3 Å². The molecule has 0 aliphatic carbocycles. The second kappa shape index (κ2) is 7.01. The van der Waals surface area contributed by atoms with Crippen molar-refractivity contribution in [3.05, 3.63) is 78.8 Å². The van der Waals surface area contributed by atoms with E-state index in [4.69, 9.17) is 0 Å². The van der Waals surface area contributed by atoms with Gasteiger partial charge in [0, 0.05) is 32.1 Å². The molecule has 3 heterocycles. The van der Waals surface area contributed by atoms with Gasteiger partial charge in [-0.1, -0.05) is 12.1 Å². The van der Waals surface area contributed by atoms with E-state index >= 15 is 0 Å². The molecule has 4 rings (SSSR count). The van der Waals surface area contributed by atoms with Crippen molar-refractivity contribution < 1.29 is 9.31 Å². The first-order chi connectivity index (χ1) is 13.0. The Kier molecular flexibility index (Phi) is 4.54. The summed E-state index contributed by atoms with van der Waals surface area (Å²) in [5.41, 5.74) is 1.32. The average molecular weight is 386 g/mol. The summed E-state index contributed by atoms with van der Waals surface area (Å²) >= 11 is 1.51. The summed E-state index contributed by atoms with van der Waals surface area (Å²) in [7, 11) is 0. The molecular formula is C18H15FN4O3S. The molecule has 1 aliphatic heterocycles. The first kappa shape index (κ1) is 17.5. The number of fused-ring (bicyclic) bond motifs is 1. The van der Waals surface area contributed by atoms with E-state index in [0.29, 0.717) is 43.0 Å². The summed E-state index contributed by atoms with van der Waals surface area (Å²) in [6.07, 6.45) is 0.612. The number of nitro benzene ring substituents is 1. The highest BCUT2D eigenvalue weighted by atomic mass is 32.1. The van der Waals surface area contributed by atoms with Gasteiger partial charge < -0.3 is 4.98 Å². The highest BCUT2D eigenvalue weighted by Gasteiger charge is 2.23. The Hall–Kier alpha value is -2.91. The molecule has 7 nitrogen and oxygen atoms in total. The standard InChI is InChI=1S/C18H15FN4O3S/c19-13-4-3-11(8-15(13)23(25)26)9-22-6-5-14-12(10-22)18(24)21-17(20-14)16-2-1-7-27-16/h1-4,7-8H,5-6,9-10H2,(H,20,21,24). The quantitative estimate of drug-likeness (QED) is 0.549. The van der Waals surface area contributed by atoms with Crippen molar-refractivity contribution in [3.63, 3.8) is 0 Å². The summed E-state index contributed by atoms with van der Waals surface area (Å²) in [5, 5.41) is 12.8. The number of aromatic nitrogens is 2. The van der Waals surface area contributed by atoms with Crippen LogP contribution >= 0.6 is 11.3 Å². The van der Waals surface area contributed by atoms with E-state index < -0.39 is 16.4 Å². The molecule has 0 saturated carbocycles. The van der Waals surface area contributed by atoms with Gasteiger partial charge in [-0.2, -0.15) is 4.39 Å². The van der Waals surface area contributed by atoms with Gasteiger partial charge in [0.05, 0.1) is 21.1 Å². The molecule has 3 aromatic rings. The molecule has 9 heteroatoms. The summed E-state index contributed by atoms with van der Waals surface area (Å²) in [6.45, 7) is 1.46. The minimum absolute atomic E-state index is 0.168. The molecule has 0 bridgehead atoms. The van der Waals surface area contributed by atoms with E-state index in [0.717, 1.165) is 16.6 Å². The molecular weight excluding hydrogens is 371 g/mol. The van der Waals surface area contributed by atoms with E-state index in [-0.39, 0.29) is 5.56 Å². The molecule has 1 aromatic carbocycles. The van der Waals surface area contributed by atoms with Crippen LogP contribution in [0.1, 0.15) is 16.8 Å². The molecule has 1 aliphatic rings. The van der Waals surface area contributed by atoms with Crippen LogP contribution in [0, 0.1) is 15.9 Å². The zero-order chi connectivity index (χ0) is 19.0. The summed E-state index contributed by atoms with van der Waals surface area (Å²) in [6, 6.07) is 7.69. The van der Waals surface area contributed by atoms with Crippen LogP contribution in [-0.4, -0.2) is 26.3 Å². The monoisotopic (exact) mass is 386 g/mol. The van der Waals surface area contributed by atoms with Crippen molar-refractivity contribution in [1.29, 1.82) is 0 Å². The topological polar surface area (TPSA) is 92.1 Å². The number of thiophene rings is 1. The first-order valence-electron chi connectivity index (χ1n) is 8.32. The fourth-order valence-electron chi connectivity index (χ4n) is 3.20. The highest BCUT2D eigenvalue weighted by molar-refractivity contribution is 7.13. The van der Waals surface area contributed by atoms with E-state index in [2.05, 4.69) is 9.97 Å². The third kappa shape index (κ3) is 3.51. The minimum Gasteiger partial charge on any atom is -0.306 e. The van der Waals surface area contributed by atoms with Crippen LogP contribution in [0.25, 0.3) is 10.7 Å². The number of nitrogens with zero attached hydrogens (tertiary/aromatic N) is 3. The zero-order valence-corrected chi connectivity index (χ0v) is 15.0. The Balaban J connectivity index is 1.56. The number of nitrogens with one attached hydrogen (secondary N) is 1. The second-order valence-electron chi connectivity index (χ2n) is 6.32. The molecule has 0 fully saturated rings. The van der Waals surface area contributed by atoms with Gasteiger partial charge in [0.15, 0.2) is 5.82 Å². The van der Waals surface area contributed by atoms with Crippen molar-refractivity contribution >= 4 is 17.0 Å². The third-order valence-electron chi connectivity index (χ3n) is 4.52. The summed E-state index contributed by atoms with van der Waals surface area (Å²) < 4.78 is 13.5. The molecule has 0 amide bonds. The van der Waals surface area contributed by atoms with Gasteiger partial charge >= 0.3 is 5.69 Å². The number of rotatable bonds is 4. The van der Waals surface area contributed by atoms with Crippen molar-refractivity contribution in [2.75, 3.05) is 6.54 Å². The number of benzene rings is 1. The lowest BCUT2D eigenvalue weighted by molar-refractivity contribution is -0.387. The Morgan fingerprint density at radius 3 is 2.96 bits per heavy atom. The zero-order valence-electron chi connectivity index (χ0n) is 14.1. The minimum atomic E-state index is -0.852. The van der Waals surface area contributed by atoms with Crippen molar-refractivity contribution in [1.82, 2.24) is 14.9 Å². The van der Waals surface area contributed by atoms with Crippen LogP contribution in [0.15, 0.2) is 40.5 Å². The number of halogens is 1. The van der Waals surface area contributed by atoms with Crippen LogP contribution < -0.4 is 5.56 Å². The summed E-state index contributed by atoms with van der Waals surface area (Å²) in [4.78, 5) is 33.0. The van der Waals surface area contributed by atoms with Gasteiger partial charge in [0.1, 0.15) is 0 Å². The molecule has 0 unspecified atom stereocenters. The van der Waals surface area contributed by atoms with Crippen molar-refractivity contribution in [3.8, 4) is 10.7 Å². The lowest BCUT2D eigenvalue weighted by atomic mass is 10.1. The summed E-state index contributed by atoms with van der Waals surface area (Å²) in [5.74, 6) is -0.272. The van der Waals surface area contributed by atoms with Crippen LogP contribution in [-0.2, 0) is 19.5 Å². The average Bonchev–Trinajstić information content (AvgIpc) is 3.18.